The number of fused-ring (bicyclic) bond motifs is 34. The monoisotopic (exact) mass is 1780 g/mol. The van der Waals surface area contributed by atoms with Crippen LogP contribution in [0.5, 0.6) is 0 Å². The molecule has 0 spiro atoms. The minimum absolute atomic E-state index is 0.987. The third-order valence-electron chi connectivity index (χ3n) is 27.7. The van der Waals surface area contributed by atoms with Crippen LogP contribution >= 0.6 is 0 Å². The molecule has 0 aliphatic rings. The average molecular weight is 1790 g/mol. The number of nitrogens with zero attached hydrogens (tertiary/aromatic N) is 12. The Bertz CT molecular complexity index is 10200. The standard InChI is InChI=1S/2C34H21N3.2C30H19N3/c1-3-12-31-28(9-1)27-19-18-25(21-29(27)34-36-30-11-2-4-13-32(30)37(31)34)22-14-16-23(17-15-22)26-10-5-7-24-8-6-20-35-33(24)26;1-2-11-29-27(9-1)28-10-3-4-13-31(28)37-32-21-25(18-19-30(32)36-34(29)37)22-14-16-23(17-15-22)26-12-5-7-24-8-6-20-35-33(24)26;1-3-10-28-23(7-1)25-19-22(20-12-14-21(15-13-20)26-8-5-6-18-31-26)16-17-24(25)30-32-27-9-2-4-11-29(27)33(28)30;1-2-8-25-23(7-1)24-17-16-22(20-12-14-21(15-13-20)26-9-5-6-18-31-26)19-29(24)33-28-11-4-3-10-27(28)32-30(25)33/h2*1-21H;2*1-19H. The molecule has 12 nitrogen and oxygen atoms in total. The average Bonchev–Trinajstić information content (AvgIpc) is 1.58. The van der Waals surface area contributed by atoms with Crippen LogP contribution in [0.25, 0.3) is 265 Å². The molecule has 12 heteroatoms. The zero-order valence-corrected chi connectivity index (χ0v) is 75.6. The quantitative estimate of drug-likeness (QED) is 0.138. The van der Waals surface area contributed by atoms with E-state index in [1.165, 1.54) is 137 Å². The highest BCUT2D eigenvalue weighted by molar-refractivity contribution is 6.19. The van der Waals surface area contributed by atoms with E-state index in [1.54, 1.807) is 0 Å². The van der Waals surface area contributed by atoms with E-state index in [0.29, 0.717) is 0 Å². The molecule has 30 aromatic rings. The largest absolute Gasteiger partial charge is 0.292 e. The highest BCUT2D eigenvalue weighted by atomic mass is 15.0. The van der Waals surface area contributed by atoms with Gasteiger partial charge in [-0.1, -0.05) is 334 Å². The molecule has 0 radical (unpaired) electrons. The van der Waals surface area contributed by atoms with Gasteiger partial charge in [-0.05, 0) is 205 Å². The molecule has 0 saturated heterocycles. The maximum absolute atomic E-state index is 5.07. The summed E-state index contributed by atoms with van der Waals surface area (Å²) in [7, 11) is 0. The van der Waals surface area contributed by atoms with Crippen molar-refractivity contribution in [2.45, 2.75) is 0 Å². The number of para-hydroxylation sites is 11. The maximum Gasteiger partial charge on any atom is 0.146 e. The lowest BCUT2D eigenvalue weighted by molar-refractivity contribution is 1.31. The molecule has 12 heterocycles. The normalized spacial score (nSPS) is 11.7. The summed E-state index contributed by atoms with van der Waals surface area (Å²) in [6, 6.07) is 163. The fraction of sp³-hybridized carbons (Fsp3) is 0. The van der Waals surface area contributed by atoms with Crippen LogP contribution in [0.2, 0.25) is 0 Å². The predicted molar refractivity (Wildman–Crippen MR) is 581 cm³/mol. The second-order valence-electron chi connectivity index (χ2n) is 35.6. The van der Waals surface area contributed by atoms with Crippen molar-refractivity contribution in [2.24, 2.45) is 0 Å². The summed E-state index contributed by atoms with van der Waals surface area (Å²) in [5, 5.41) is 16.8. The van der Waals surface area contributed by atoms with Crippen molar-refractivity contribution in [3.63, 3.8) is 0 Å². The molecule has 0 N–H and O–H groups in total. The minimum atomic E-state index is 0.987. The van der Waals surface area contributed by atoms with Gasteiger partial charge >= 0.3 is 0 Å². The minimum Gasteiger partial charge on any atom is -0.292 e. The highest BCUT2D eigenvalue weighted by Gasteiger charge is 2.22. The third kappa shape index (κ3) is 13.8. The van der Waals surface area contributed by atoms with E-state index in [9.17, 15) is 0 Å². The van der Waals surface area contributed by atoms with Gasteiger partial charge in [-0.3, -0.25) is 37.5 Å². The molecule has 0 atom stereocenters. The molecule has 0 aliphatic heterocycles. The zero-order chi connectivity index (χ0) is 92.2. The fourth-order valence-electron chi connectivity index (χ4n) is 21.0. The summed E-state index contributed by atoms with van der Waals surface area (Å²) in [5.41, 5.74) is 37.7. The molecular weight excluding hydrogens is 1710 g/mol. The Kier molecular flexibility index (Phi) is 19.3. The van der Waals surface area contributed by atoms with Crippen molar-refractivity contribution in [3.05, 3.63) is 486 Å². The number of hydrogen-bond donors (Lipinski definition) is 0. The first-order valence-electron chi connectivity index (χ1n) is 47.2. The first-order chi connectivity index (χ1) is 69.4. The molecule has 12 aromatic heterocycles. The van der Waals surface area contributed by atoms with Crippen molar-refractivity contribution >= 4 is 175 Å². The summed E-state index contributed by atoms with van der Waals surface area (Å²) in [6.45, 7) is 0. The molecule has 0 unspecified atom stereocenters. The van der Waals surface area contributed by atoms with Crippen LogP contribution in [0.1, 0.15) is 0 Å². The van der Waals surface area contributed by atoms with Gasteiger partial charge in [0, 0.05) is 101 Å². The lowest BCUT2D eigenvalue weighted by Crippen LogP contribution is -1.92. The van der Waals surface area contributed by atoms with Crippen LogP contribution in [-0.4, -0.2) is 57.5 Å². The van der Waals surface area contributed by atoms with Crippen LogP contribution in [-0.2, 0) is 0 Å². The highest BCUT2D eigenvalue weighted by Crippen LogP contribution is 2.43. The van der Waals surface area contributed by atoms with Crippen molar-refractivity contribution < 1.29 is 0 Å². The summed E-state index contributed by atoms with van der Waals surface area (Å²) in [6.07, 6.45) is 7.38. The predicted octanol–water partition coefficient (Wildman–Crippen LogP) is 32.4. The Morgan fingerprint density at radius 2 is 0.421 bits per heavy atom. The van der Waals surface area contributed by atoms with Crippen molar-refractivity contribution in [1.82, 2.24) is 57.5 Å². The molecule has 18 aromatic carbocycles. The van der Waals surface area contributed by atoms with Gasteiger partial charge in [-0.25, -0.2) is 19.9 Å². The molecule has 0 bridgehead atoms. The van der Waals surface area contributed by atoms with Crippen molar-refractivity contribution in [2.75, 3.05) is 0 Å². The Balaban J connectivity index is 0.0000000939. The smallest absolute Gasteiger partial charge is 0.146 e. The van der Waals surface area contributed by atoms with Gasteiger partial charge in [-0.2, -0.15) is 0 Å². The summed E-state index contributed by atoms with van der Waals surface area (Å²) >= 11 is 0. The van der Waals surface area contributed by atoms with Gasteiger partial charge in [0.2, 0.25) is 0 Å². The molecule has 0 amide bonds. The summed E-state index contributed by atoms with van der Waals surface area (Å²) in [5.74, 6) is 0. The van der Waals surface area contributed by atoms with Gasteiger partial charge in [0.05, 0.1) is 88.6 Å². The van der Waals surface area contributed by atoms with Crippen molar-refractivity contribution in [1.29, 1.82) is 0 Å². The maximum atomic E-state index is 5.07. The first-order valence-corrected chi connectivity index (χ1v) is 47.2. The van der Waals surface area contributed by atoms with Crippen LogP contribution < -0.4 is 0 Å². The first kappa shape index (κ1) is 80.6. The van der Waals surface area contributed by atoms with E-state index >= 15 is 0 Å². The third-order valence-corrected chi connectivity index (χ3v) is 27.7. The van der Waals surface area contributed by atoms with E-state index in [4.69, 9.17) is 19.9 Å². The molecular formula is C128H80N12. The lowest BCUT2D eigenvalue weighted by atomic mass is 9.96. The lowest BCUT2D eigenvalue weighted by Gasteiger charge is -2.11. The number of benzene rings is 18. The van der Waals surface area contributed by atoms with Gasteiger partial charge in [0.1, 0.15) is 22.6 Å². The van der Waals surface area contributed by atoms with Gasteiger partial charge in [-0.15, -0.1) is 0 Å². The topological polar surface area (TPSA) is 121 Å². The molecule has 652 valence electrons. The molecule has 0 saturated carbocycles. The second-order valence-corrected chi connectivity index (χ2v) is 35.6. The van der Waals surface area contributed by atoms with Crippen LogP contribution in [0.3, 0.4) is 0 Å². The number of hydrogen-bond acceptors (Lipinski definition) is 8. The van der Waals surface area contributed by atoms with E-state index in [-0.39, 0.29) is 0 Å². The van der Waals surface area contributed by atoms with Gasteiger partial charge in [0.25, 0.3) is 0 Å². The fourth-order valence-corrected chi connectivity index (χ4v) is 21.0. The van der Waals surface area contributed by atoms with Crippen LogP contribution in [0, 0.1) is 0 Å². The van der Waals surface area contributed by atoms with E-state index in [1.807, 2.05) is 85.5 Å². The number of pyridine rings is 8. The number of imidazole rings is 4. The molecule has 0 fully saturated rings. The summed E-state index contributed by atoms with van der Waals surface area (Å²) in [4.78, 5) is 38.3. The van der Waals surface area contributed by atoms with Crippen LogP contribution in [0.15, 0.2) is 486 Å². The number of aromatic nitrogens is 12. The van der Waals surface area contributed by atoms with Gasteiger partial charge in [0.15, 0.2) is 0 Å². The van der Waals surface area contributed by atoms with E-state index < -0.39 is 0 Å². The van der Waals surface area contributed by atoms with Gasteiger partial charge < -0.3 is 0 Å². The Labute approximate surface area is 802 Å². The molecule has 0 aliphatic carbocycles. The summed E-state index contributed by atoms with van der Waals surface area (Å²) < 4.78 is 9.20. The number of rotatable bonds is 8. The Morgan fingerprint density at radius 1 is 0.143 bits per heavy atom. The van der Waals surface area contributed by atoms with E-state index in [2.05, 4.69) is 438 Å². The molecule has 30 rings (SSSR count). The Hall–Kier alpha value is -19.0. The van der Waals surface area contributed by atoms with Crippen molar-refractivity contribution in [3.8, 4) is 89.3 Å². The second kappa shape index (κ2) is 33.5. The Morgan fingerprint density at radius 3 is 0.864 bits per heavy atom. The van der Waals surface area contributed by atoms with E-state index in [0.717, 1.165) is 128 Å². The zero-order valence-electron chi connectivity index (χ0n) is 75.6. The SMILES string of the molecule is c1ccc(-c2ccc(-c3ccc4c(c3)c3ccccc3n3c5ccccc5nc43)cc2)nc1.c1ccc(-c2ccc(-c3ccc4c5ccccc5c5nc6ccccc6n5c4c3)cc2)nc1.c1cnc2c(-c3ccc(-c4ccc5c6ccccc6n6c7ccccc7nc6c5c4)cc3)cccc2c1.c1cnc2c(-c3ccc(-c4ccc5nc6c7ccccc7c7ccccc7n6c5c4)cc3)cccc2c1. The molecule has 140 heavy (non-hydrogen) atoms. The van der Waals surface area contributed by atoms with Crippen LogP contribution in [0.4, 0.5) is 0 Å².